The van der Waals surface area contributed by atoms with Crippen LogP contribution in [0.5, 0.6) is 0 Å². The highest BCUT2D eigenvalue weighted by molar-refractivity contribution is 6.00. The van der Waals surface area contributed by atoms with E-state index in [-0.39, 0.29) is 5.56 Å². The summed E-state index contributed by atoms with van der Waals surface area (Å²) < 4.78 is 1.96. The fourth-order valence-corrected chi connectivity index (χ4v) is 2.25. The van der Waals surface area contributed by atoms with Gasteiger partial charge in [-0.2, -0.15) is 0 Å². The van der Waals surface area contributed by atoms with Crippen molar-refractivity contribution < 1.29 is 14.7 Å². The van der Waals surface area contributed by atoms with E-state index < -0.39 is 12.0 Å². The van der Waals surface area contributed by atoms with Gasteiger partial charge in [-0.1, -0.05) is 6.07 Å². The van der Waals surface area contributed by atoms with E-state index in [0.29, 0.717) is 11.4 Å². The molecule has 2 amide bonds. The molecule has 6 nitrogen and oxygen atoms in total. The quantitative estimate of drug-likeness (QED) is 0.683. The van der Waals surface area contributed by atoms with E-state index in [2.05, 4.69) is 10.6 Å². The van der Waals surface area contributed by atoms with E-state index in [4.69, 9.17) is 5.11 Å². The van der Waals surface area contributed by atoms with E-state index in [1.165, 1.54) is 12.1 Å². The zero-order chi connectivity index (χ0) is 16.9. The van der Waals surface area contributed by atoms with Crippen LogP contribution in [0.25, 0.3) is 5.69 Å². The SMILES string of the molecule is O=C(Nc1ccc(-n2cccc2)cc1)Nc1cccc(C(=O)O)c1. The van der Waals surface area contributed by atoms with Gasteiger partial charge in [0.2, 0.25) is 0 Å². The number of carboxylic acid groups (broad SMARTS) is 1. The molecule has 24 heavy (non-hydrogen) atoms. The fourth-order valence-electron chi connectivity index (χ4n) is 2.25. The van der Waals surface area contributed by atoms with Crippen LogP contribution in [0.3, 0.4) is 0 Å². The molecule has 0 radical (unpaired) electrons. The van der Waals surface area contributed by atoms with E-state index in [1.54, 1.807) is 24.3 Å². The molecule has 120 valence electrons. The van der Waals surface area contributed by atoms with Crippen molar-refractivity contribution in [2.75, 3.05) is 10.6 Å². The van der Waals surface area contributed by atoms with Crippen LogP contribution in [0.1, 0.15) is 10.4 Å². The first kappa shape index (κ1) is 15.4. The van der Waals surface area contributed by atoms with E-state index in [0.717, 1.165) is 5.69 Å². The van der Waals surface area contributed by atoms with Gasteiger partial charge in [0.15, 0.2) is 0 Å². The summed E-state index contributed by atoms with van der Waals surface area (Å²) in [5, 5.41) is 14.3. The Morgan fingerprint density at radius 2 is 1.50 bits per heavy atom. The lowest BCUT2D eigenvalue weighted by molar-refractivity contribution is 0.0697. The smallest absolute Gasteiger partial charge is 0.335 e. The van der Waals surface area contributed by atoms with Crippen molar-refractivity contribution in [1.29, 1.82) is 0 Å². The van der Waals surface area contributed by atoms with Gasteiger partial charge in [-0.15, -0.1) is 0 Å². The Morgan fingerprint density at radius 3 is 2.17 bits per heavy atom. The molecule has 2 aromatic carbocycles. The number of aromatic carboxylic acids is 1. The summed E-state index contributed by atoms with van der Waals surface area (Å²) in [4.78, 5) is 22.9. The molecule has 3 aromatic rings. The van der Waals surface area contributed by atoms with Gasteiger partial charge in [0.1, 0.15) is 0 Å². The summed E-state index contributed by atoms with van der Waals surface area (Å²) in [5.41, 5.74) is 2.15. The van der Waals surface area contributed by atoms with Crippen LogP contribution in [0.4, 0.5) is 16.2 Å². The maximum absolute atomic E-state index is 12.0. The van der Waals surface area contributed by atoms with Crippen molar-refractivity contribution in [3.8, 4) is 5.69 Å². The van der Waals surface area contributed by atoms with Crippen LogP contribution in [-0.4, -0.2) is 21.7 Å². The molecule has 0 aliphatic rings. The average Bonchev–Trinajstić information content (AvgIpc) is 3.10. The predicted octanol–water partition coefficient (Wildman–Crippen LogP) is 3.82. The summed E-state index contributed by atoms with van der Waals surface area (Å²) in [6, 6.07) is 16.9. The molecule has 0 unspecified atom stereocenters. The number of nitrogens with zero attached hydrogens (tertiary/aromatic N) is 1. The number of nitrogens with one attached hydrogen (secondary N) is 2. The van der Waals surface area contributed by atoms with Crippen LogP contribution in [-0.2, 0) is 0 Å². The van der Waals surface area contributed by atoms with E-state index >= 15 is 0 Å². The lowest BCUT2D eigenvalue weighted by atomic mass is 10.2. The largest absolute Gasteiger partial charge is 0.478 e. The van der Waals surface area contributed by atoms with Crippen molar-refractivity contribution in [2.45, 2.75) is 0 Å². The maximum atomic E-state index is 12.0. The molecule has 0 saturated heterocycles. The normalized spacial score (nSPS) is 10.2. The van der Waals surface area contributed by atoms with Crippen LogP contribution in [0.15, 0.2) is 73.1 Å². The predicted molar refractivity (Wildman–Crippen MR) is 91.8 cm³/mol. The van der Waals surface area contributed by atoms with E-state index in [1.807, 2.05) is 41.2 Å². The number of benzene rings is 2. The number of rotatable bonds is 4. The highest BCUT2D eigenvalue weighted by atomic mass is 16.4. The first-order valence-corrected chi connectivity index (χ1v) is 7.26. The monoisotopic (exact) mass is 321 g/mol. The molecule has 0 spiro atoms. The third-order valence-electron chi connectivity index (χ3n) is 3.40. The Morgan fingerprint density at radius 1 is 0.833 bits per heavy atom. The number of carbonyl (C=O) groups is 2. The molecule has 0 fully saturated rings. The Balaban J connectivity index is 1.64. The molecule has 1 aromatic heterocycles. The molecule has 0 aliphatic heterocycles. The summed E-state index contributed by atoms with van der Waals surface area (Å²) in [6.45, 7) is 0. The summed E-state index contributed by atoms with van der Waals surface area (Å²) in [5.74, 6) is -1.04. The first-order valence-electron chi connectivity index (χ1n) is 7.26. The maximum Gasteiger partial charge on any atom is 0.335 e. The molecular weight excluding hydrogens is 306 g/mol. The molecule has 6 heteroatoms. The number of carboxylic acids is 1. The zero-order valence-electron chi connectivity index (χ0n) is 12.6. The molecule has 1 heterocycles. The van der Waals surface area contributed by atoms with Crippen molar-refractivity contribution >= 4 is 23.4 Å². The second kappa shape index (κ2) is 6.70. The second-order valence-electron chi connectivity index (χ2n) is 5.10. The Labute approximate surface area is 138 Å². The third kappa shape index (κ3) is 3.61. The summed E-state index contributed by atoms with van der Waals surface area (Å²) in [7, 11) is 0. The Hall–Kier alpha value is -3.54. The molecular formula is C18H15N3O3. The van der Waals surface area contributed by atoms with Crippen molar-refractivity contribution in [3.63, 3.8) is 0 Å². The van der Waals surface area contributed by atoms with Crippen molar-refractivity contribution in [2.24, 2.45) is 0 Å². The molecule has 3 rings (SSSR count). The van der Waals surface area contributed by atoms with Crippen molar-refractivity contribution in [1.82, 2.24) is 4.57 Å². The van der Waals surface area contributed by atoms with Crippen molar-refractivity contribution in [3.05, 3.63) is 78.6 Å². The van der Waals surface area contributed by atoms with Gasteiger partial charge in [-0.3, -0.25) is 0 Å². The molecule has 0 bridgehead atoms. The van der Waals surface area contributed by atoms with Gasteiger partial charge >= 0.3 is 12.0 Å². The van der Waals surface area contributed by atoms with Gasteiger partial charge in [0, 0.05) is 29.5 Å². The van der Waals surface area contributed by atoms with Crippen LogP contribution >= 0.6 is 0 Å². The van der Waals surface area contributed by atoms with Gasteiger partial charge in [-0.05, 0) is 54.6 Å². The molecule has 0 saturated carbocycles. The highest BCUT2D eigenvalue weighted by Crippen LogP contribution is 2.15. The number of carbonyl (C=O) groups excluding carboxylic acids is 1. The number of anilines is 2. The van der Waals surface area contributed by atoms with Crippen LogP contribution < -0.4 is 10.6 Å². The lowest BCUT2D eigenvalue weighted by Crippen LogP contribution is -2.19. The van der Waals surface area contributed by atoms with Gasteiger partial charge in [-0.25, -0.2) is 9.59 Å². The average molecular weight is 321 g/mol. The Bertz CT molecular complexity index is 855. The summed E-state index contributed by atoms with van der Waals surface area (Å²) in [6.07, 6.45) is 3.87. The Kier molecular flexibility index (Phi) is 4.29. The van der Waals surface area contributed by atoms with Gasteiger partial charge in [0.25, 0.3) is 0 Å². The van der Waals surface area contributed by atoms with Gasteiger partial charge < -0.3 is 20.3 Å². The summed E-state index contributed by atoms with van der Waals surface area (Å²) >= 11 is 0. The zero-order valence-corrected chi connectivity index (χ0v) is 12.6. The fraction of sp³-hybridized carbons (Fsp3) is 0. The minimum Gasteiger partial charge on any atom is -0.478 e. The number of hydrogen-bond donors (Lipinski definition) is 3. The number of hydrogen-bond acceptors (Lipinski definition) is 2. The molecule has 3 N–H and O–H groups in total. The third-order valence-corrected chi connectivity index (χ3v) is 3.40. The highest BCUT2D eigenvalue weighted by Gasteiger charge is 2.06. The number of aromatic nitrogens is 1. The van der Waals surface area contributed by atoms with Gasteiger partial charge in [0.05, 0.1) is 5.56 Å². The minimum atomic E-state index is -1.04. The van der Waals surface area contributed by atoms with E-state index in [9.17, 15) is 9.59 Å². The minimum absolute atomic E-state index is 0.115. The topological polar surface area (TPSA) is 83.4 Å². The molecule has 0 aliphatic carbocycles. The number of urea groups is 1. The van der Waals surface area contributed by atoms with Crippen LogP contribution in [0, 0.1) is 0 Å². The second-order valence-corrected chi connectivity index (χ2v) is 5.10. The lowest BCUT2D eigenvalue weighted by Gasteiger charge is -2.09. The number of amides is 2. The first-order chi connectivity index (χ1) is 11.6. The molecule has 0 atom stereocenters. The standard InChI is InChI=1S/C18H15N3O3/c22-17(23)13-4-3-5-15(12-13)20-18(24)19-14-6-8-16(9-7-14)21-10-1-2-11-21/h1-12H,(H,22,23)(H2,19,20,24). The van der Waals surface area contributed by atoms with Crippen LogP contribution in [0.2, 0.25) is 0 Å².